The smallest absolute Gasteiger partial charge is 0.0962 e. The van der Waals surface area contributed by atoms with Gasteiger partial charge in [-0.15, -0.1) is 0 Å². The number of rotatable bonds is 11. The van der Waals surface area contributed by atoms with E-state index in [9.17, 15) is 0 Å². The van der Waals surface area contributed by atoms with E-state index in [1.54, 1.807) is 0 Å². The highest BCUT2D eigenvalue weighted by atomic mass is 15.2. The first-order chi connectivity index (χ1) is 39.8. The van der Waals surface area contributed by atoms with Crippen LogP contribution in [0.5, 0.6) is 0 Å². The van der Waals surface area contributed by atoms with Crippen molar-refractivity contribution >= 4 is 49.4 Å². The summed E-state index contributed by atoms with van der Waals surface area (Å²) in [6.07, 6.45) is 25.3. The SMILES string of the molecule is CCCC1(N(c2ccccc2)c2ccc3ccc4cccc5ccc2c3c45)c2cc3c(cc21)C(c1ccc(C)cc1)(c1ccc(C)cc1)c1cc2c(cc1-3)CC2(CC)N(C1=C2C=CC3=CC=CC4=CC=C(C=C1)C2C34)c1ccccc1. The highest BCUT2D eigenvalue weighted by molar-refractivity contribution is 6.25. The largest absolute Gasteiger partial charge is 0.331 e. The van der Waals surface area contributed by atoms with Gasteiger partial charge in [-0.3, -0.25) is 0 Å². The summed E-state index contributed by atoms with van der Waals surface area (Å²) in [5.74, 6) is 0.603. The molecule has 0 fully saturated rings. The standard InChI is InChI=1S/C79H62N2/c1-5-43-78(81(61-21-11-8-12-22-61)72-42-34-56-30-28-52-16-14-18-54-32-40-63(72)76(56)74(52)54)69-45-65-64-44-57-48-77(6-2,66(57)46-67(64)79(68(65)47-70(69)78,58-35-23-49(3)24-36-58)59-37-25-50(4)26-38-59)80(60-19-9-7-10-20-60)71-41-33-55-29-27-51-15-13-17-53-31-39-62(71)75(55)73(51)53/h7-42,44-47,73,75H,5-6,43,48H2,1-4H3. The molecule has 10 aromatic carbocycles. The van der Waals surface area contributed by atoms with Crippen LogP contribution in [0, 0.1) is 25.7 Å². The van der Waals surface area contributed by atoms with Gasteiger partial charge in [-0.25, -0.2) is 0 Å². The summed E-state index contributed by atoms with van der Waals surface area (Å²) in [5.41, 5.74) is 25.8. The van der Waals surface area contributed by atoms with Gasteiger partial charge in [0.2, 0.25) is 0 Å². The summed E-state index contributed by atoms with van der Waals surface area (Å²) in [5, 5.41) is 7.87. The van der Waals surface area contributed by atoms with Crippen molar-refractivity contribution in [2.75, 3.05) is 9.80 Å². The predicted octanol–water partition coefficient (Wildman–Crippen LogP) is 19.4. The summed E-state index contributed by atoms with van der Waals surface area (Å²) < 4.78 is 0. The second kappa shape index (κ2) is 17.0. The highest BCUT2D eigenvalue weighted by Crippen LogP contribution is 2.67. The molecule has 81 heavy (non-hydrogen) atoms. The molecule has 0 aliphatic heterocycles. The van der Waals surface area contributed by atoms with Crippen LogP contribution in [0.1, 0.15) is 88.7 Å². The first-order valence-electron chi connectivity index (χ1n) is 29.6. The number of anilines is 3. The number of hydrogen-bond acceptors (Lipinski definition) is 2. The highest BCUT2D eigenvalue weighted by Gasteiger charge is 2.59. The van der Waals surface area contributed by atoms with Gasteiger partial charge in [-0.1, -0.05) is 232 Å². The Kier molecular flexibility index (Phi) is 9.85. The van der Waals surface area contributed by atoms with Gasteiger partial charge in [-0.05, 0) is 174 Å². The Labute approximate surface area is 475 Å². The number of fused-ring (bicyclic) bond motifs is 5. The van der Waals surface area contributed by atoms with Crippen LogP contribution in [0.2, 0.25) is 0 Å². The Bertz CT molecular complexity index is 4500. The van der Waals surface area contributed by atoms with Crippen LogP contribution in [-0.2, 0) is 22.9 Å². The topological polar surface area (TPSA) is 6.48 Å². The van der Waals surface area contributed by atoms with Gasteiger partial charge in [-0.2, -0.15) is 0 Å². The molecule has 0 bridgehead atoms. The fraction of sp³-hybridized carbons (Fsp3) is 0.165. The van der Waals surface area contributed by atoms with Crippen molar-refractivity contribution in [2.45, 2.75) is 69.9 Å². The zero-order valence-electron chi connectivity index (χ0n) is 46.5. The minimum atomic E-state index is -0.603. The molecule has 0 N–H and O–H groups in total. The van der Waals surface area contributed by atoms with E-state index in [0.717, 1.165) is 25.7 Å². The van der Waals surface area contributed by atoms with Gasteiger partial charge in [0.25, 0.3) is 0 Å². The lowest BCUT2D eigenvalue weighted by Gasteiger charge is -2.55. The van der Waals surface area contributed by atoms with Crippen molar-refractivity contribution in [2.24, 2.45) is 11.8 Å². The summed E-state index contributed by atoms with van der Waals surface area (Å²) in [7, 11) is 0. The van der Waals surface area contributed by atoms with E-state index in [4.69, 9.17) is 0 Å². The zero-order chi connectivity index (χ0) is 53.9. The fourth-order valence-corrected chi connectivity index (χ4v) is 16.6. The van der Waals surface area contributed by atoms with Gasteiger partial charge in [0.1, 0.15) is 0 Å². The van der Waals surface area contributed by atoms with Crippen molar-refractivity contribution in [3.05, 3.63) is 326 Å². The molecular formula is C79H62N2. The van der Waals surface area contributed by atoms with Crippen LogP contribution >= 0.6 is 0 Å². The van der Waals surface area contributed by atoms with E-state index in [0.29, 0.717) is 5.92 Å². The Balaban J connectivity index is 0.902. The third-order valence-corrected chi connectivity index (χ3v) is 20.3. The maximum Gasteiger partial charge on any atom is 0.0962 e. The molecule has 0 heterocycles. The predicted molar refractivity (Wildman–Crippen MR) is 338 cm³/mol. The summed E-state index contributed by atoms with van der Waals surface area (Å²) >= 11 is 0. The Morgan fingerprint density at radius 3 is 1.73 bits per heavy atom. The summed E-state index contributed by atoms with van der Waals surface area (Å²) in [6.45, 7) is 9.27. The molecule has 7 aliphatic rings. The van der Waals surface area contributed by atoms with Crippen LogP contribution in [0.15, 0.2) is 271 Å². The lowest BCUT2D eigenvalue weighted by atomic mass is 9.61. The van der Waals surface area contributed by atoms with Crippen molar-refractivity contribution in [1.82, 2.24) is 0 Å². The van der Waals surface area contributed by atoms with Crippen molar-refractivity contribution in [1.29, 1.82) is 0 Å². The molecule has 0 spiro atoms. The van der Waals surface area contributed by atoms with Gasteiger partial charge in [0.05, 0.1) is 22.2 Å². The van der Waals surface area contributed by atoms with E-state index < -0.39 is 5.41 Å². The number of allylic oxidation sites excluding steroid dienone is 13. The molecule has 2 heteroatoms. The molecule has 17 rings (SSSR count). The van der Waals surface area contributed by atoms with E-state index in [-0.39, 0.29) is 17.0 Å². The van der Waals surface area contributed by atoms with Crippen LogP contribution in [0.25, 0.3) is 43.4 Å². The van der Waals surface area contributed by atoms with Crippen molar-refractivity contribution < 1.29 is 0 Å². The van der Waals surface area contributed by atoms with Gasteiger partial charge < -0.3 is 9.80 Å². The third-order valence-electron chi connectivity index (χ3n) is 20.3. The maximum absolute atomic E-state index is 2.77. The van der Waals surface area contributed by atoms with Crippen LogP contribution < -0.4 is 9.80 Å². The summed E-state index contributed by atoms with van der Waals surface area (Å²) in [4.78, 5) is 5.52. The zero-order valence-corrected chi connectivity index (χ0v) is 46.5. The Hall–Kier alpha value is -8.98. The number of aryl methyl sites for hydroxylation is 2. The minimum absolute atomic E-state index is 0.275. The quantitative estimate of drug-likeness (QED) is 0.119. The average Bonchev–Trinajstić information content (AvgIpc) is 4.21. The van der Waals surface area contributed by atoms with Crippen molar-refractivity contribution in [3.8, 4) is 11.1 Å². The second-order valence-electron chi connectivity index (χ2n) is 24.3. The van der Waals surface area contributed by atoms with Gasteiger partial charge in [0, 0.05) is 40.7 Å². The lowest BCUT2D eigenvalue weighted by Crippen LogP contribution is -2.54. The molecule has 0 saturated carbocycles. The minimum Gasteiger partial charge on any atom is -0.331 e. The van der Waals surface area contributed by atoms with Crippen LogP contribution in [-0.4, -0.2) is 0 Å². The third kappa shape index (κ3) is 6.23. The number of para-hydroxylation sites is 2. The average molecular weight is 1040 g/mol. The van der Waals surface area contributed by atoms with Gasteiger partial charge in [0.15, 0.2) is 0 Å². The lowest BCUT2D eigenvalue weighted by molar-refractivity contribution is 0.352. The molecule has 0 aromatic heterocycles. The Morgan fingerprint density at radius 1 is 0.469 bits per heavy atom. The molecule has 4 unspecified atom stereocenters. The summed E-state index contributed by atoms with van der Waals surface area (Å²) in [6, 6.07) is 73.4. The van der Waals surface area contributed by atoms with E-state index in [1.807, 2.05) is 0 Å². The fourth-order valence-electron chi connectivity index (χ4n) is 16.6. The number of benzene rings is 10. The first-order valence-corrected chi connectivity index (χ1v) is 29.6. The molecule has 388 valence electrons. The van der Waals surface area contributed by atoms with Crippen molar-refractivity contribution in [3.63, 3.8) is 0 Å². The maximum atomic E-state index is 2.77. The van der Waals surface area contributed by atoms with Crippen LogP contribution in [0.3, 0.4) is 0 Å². The number of hydrogen-bond donors (Lipinski definition) is 0. The second-order valence-corrected chi connectivity index (χ2v) is 24.3. The van der Waals surface area contributed by atoms with Crippen LogP contribution in [0.4, 0.5) is 17.1 Å². The van der Waals surface area contributed by atoms with E-state index in [1.165, 1.54) is 144 Å². The molecule has 0 radical (unpaired) electrons. The molecule has 0 saturated heterocycles. The molecule has 4 atom stereocenters. The monoisotopic (exact) mass is 1040 g/mol. The molecular weight excluding hydrogens is 977 g/mol. The van der Waals surface area contributed by atoms with Gasteiger partial charge >= 0.3 is 0 Å². The normalized spacial score (nSPS) is 21.7. The molecule has 2 nitrogen and oxygen atoms in total. The Morgan fingerprint density at radius 2 is 1.05 bits per heavy atom. The first kappa shape index (κ1) is 46.9. The molecule has 10 aromatic rings. The van der Waals surface area contributed by atoms with E-state index in [2.05, 4.69) is 280 Å². The molecule has 7 aliphatic carbocycles. The molecule has 0 amide bonds. The number of nitrogens with zero attached hydrogens (tertiary/aromatic N) is 2. The van der Waals surface area contributed by atoms with E-state index >= 15 is 0 Å².